The highest BCUT2D eigenvalue weighted by Crippen LogP contribution is 2.26. The van der Waals surface area contributed by atoms with Gasteiger partial charge in [-0.2, -0.15) is 0 Å². The van der Waals surface area contributed by atoms with Crippen molar-refractivity contribution in [3.05, 3.63) is 68.3 Å². The van der Waals surface area contributed by atoms with Gasteiger partial charge in [-0.3, -0.25) is 25.0 Å². The normalized spacial score (nSPS) is 10.7. The Balaban J connectivity index is 1.82. The van der Waals surface area contributed by atoms with Crippen LogP contribution in [0.3, 0.4) is 0 Å². The van der Waals surface area contributed by atoms with Crippen LogP contribution in [0.5, 0.6) is 0 Å². The molecule has 3 rings (SSSR count). The summed E-state index contributed by atoms with van der Waals surface area (Å²) in [4.78, 5) is 39.5. The minimum Gasteiger partial charge on any atom is -0.332 e. The molecule has 2 aromatic carbocycles. The van der Waals surface area contributed by atoms with E-state index in [1.807, 2.05) is 0 Å². The van der Waals surface area contributed by atoms with Crippen LogP contribution < -0.4 is 0 Å². The maximum absolute atomic E-state index is 12.2. The van der Waals surface area contributed by atoms with Gasteiger partial charge in [-0.25, -0.2) is 4.98 Å². The number of hydrogen-bond donors (Lipinski definition) is 1. The van der Waals surface area contributed by atoms with Gasteiger partial charge < -0.3 is 4.98 Å². The molecule has 9 nitrogen and oxygen atoms in total. The minimum atomic E-state index is -0.548. The summed E-state index contributed by atoms with van der Waals surface area (Å²) in [5.41, 5.74) is 1.05. The van der Waals surface area contributed by atoms with Gasteiger partial charge in [-0.1, -0.05) is 0 Å². The van der Waals surface area contributed by atoms with Crippen LogP contribution in [-0.2, 0) is 0 Å². The van der Waals surface area contributed by atoms with Gasteiger partial charge in [0, 0.05) is 29.8 Å². The molecule has 0 amide bonds. The lowest BCUT2D eigenvalue weighted by Gasteiger charge is -1.97. The summed E-state index contributed by atoms with van der Waals surface area (Å²) in [6.07, 6.45) is 0. The van der Waals surface area contributed by atoms with Gasteiger partial charge in [-0.05, 0) is 30.0 Å². The van der Waals surface area contributed by atoms with Crippen molar-refractivity contribution in [2.45, 2.75) is 5.16 Å². The summed E-state index contributed by atoms with van der Waals surface area (Å²) in [6, 6.07) is 9.37. The fraction of sp³-hybridized carbons (Fsp3) is 0. The first-order valence-corrected chi connectivity index (χ1v) is 7.36. The van der Waals surface area contributed by atoms with E-state index < -0.39 is 9.85 Å². The highest BCUT2D eigenvalue weighted by molar-refractivity contribution is 8.14. The number of nitro groups is 2. The van der Waals surface area contributed by atoms with Gasteiger partial charge >= 0.3 is 0 Å². The van der Waals surface area contributed by atoms with Crippen molar-refractivity contribution >= 4 is 39.3 Å². The molecule has 0 aliphatic carbocycles. The summed E-state index contributed by atoms with van der Waals surface area (Å²) in [7, 11) is 0. The zero-order valence-electron chi connectivity index (χ0n) is 11.8. The van der Waals surface area contributed by atoms with E-state index in [9.17, 15) is 25.0 Å². The average molecular weight is 344 g/mol. The first kappa shape index (κ1) is 15.6. The molecule has 1 aromatic heterocycles. The lowest BCUT2D eigenvalue weighted by molar-refractivity contribution is -0.385. The number of carbonyl (C=O) groups excluding carboxylic acids is 1. The first-order valence-electron chi connectivity index (χ1n) is 6.55. The molecule has 0 saturated heterocycles. The van der Waals surface area contributed by atoms with Crippen molar-refractivity contribution in [3.63, 3.8) is 0 Å². The molecule has 0 radical (unpaired) electrons. The van der Waals surface area contributed by atoms with E-state index in [4.69, 9.17) is 0 Å². The number of thioether (sulfide) groups is 1. The molecular formula is C14H8N4O5S. The number of imidazole rings is 1. The molecule has 24 heavy (non-hydrogen) atoms. The van der Waals surface area contributed by atoms with Crippen molar-refractivity contribution in [2.75, 3.05) is 0 Å². The van der Waals surface area contributed by atoms with Crippen molar-refractivity contribution in [1.82, 2.24) is 9.97 Å². The maximum Gasteiger partial charge on any atom is 0.271 e. The molecule has 0 aliphatic heterocycles. The lowest BCUT2D eigenvalue weighted by atomic mass is 10.2. The molecule has 0 unspecified atom stereocenters. The van der Waals surface area contributed by atoms with E-state index in [1.54, 1.807) is 0 Å². The van der Waals surface area contributed by atoms with E-state index in [1.165, 1.54) is 42.5 Å². The predicted octanol–water partition coefficient (Wildman–Crippen LogP) is 3.31. The number of nitrogens with one attached hydrogen (secondary N) is 1. The SMILES string of the molecule is O=C(Sc1nc2ccc([N+](=O)[O-])cc2[nH]1)c1ccc([N+](=O)[O-])cc1. The fourth-order valence-corrected chi connectivity index (χ4v) is 2.74. The van der Waals surface area contributed by atoms with Crippen LogP contribution in [0, 0.1) is 20.2 Å². The van der Waals surface area contributed by atoms with E-state index in [0.29, 0.717) is 11.0 Å². The summed E-state index contributed by atoms with van der Waals surface area (Å²) < 4.78 is 0. The molecular weight excluding hydrogens is 336 g/mol. The second kappa shape index (κ2) is 6.08. The summed E-state index contributed by atoms with van der Waals surface area (Å²) in [5, 5.41) is 21.3. The molecule has 0 aliphatic rings. The van der Waals surface area contributed by atoms with Crippen molar-refractivity contribution in [2.24, 2.45) is 0 Å². The molecule has 10 heteroatoms. The Labute approximate surface area is 138 Å². The van der Waals surface area contributed by atoms with E-state index in [-0.39, 0.29) is 27.2 Å². The first-order chi connectivity index (χ1) is 11.4. The monoisotopic (exact) mass is 344 g/mol. The van der Waals surface area contributed by atoms with Crippen LogP contribution in [-0.4, -0.2) is 24.9 Å². The number of nitro benzene ring substituents is 2. The Bertz CT molecular complexity index is 967. The van der Waals surface area contributed by atoms with Gasteiger partial charge in [0.1, 0.15) is 0 Å². The standard InChI is InChI=1S/C14H8N4O5S/c19-13(8-1-3-9(4-2-8)17(20)21)24-14-15-11-6-5-10(18(22)23)7-12(11)16-14/h1-7H,(H,15,16). The number of carbonyl (C=O) groups is 1. The Hall–Kier alpha value is -3.27. The molecule has 0 bridgehead atoms. The Morgan fingerprint density at radius 3 is 2.25 bits per heavy atom. The smallest absolute Gasteiger partial charge is 0.271 e. The third-order valence-corrected chi connectivity index (χ3v) is 3.97. The van der Waals surface area contributed by atoms with Crippen LogP contribution in [0.2, 0.25) is 0 Å². The number of benzene rings is 2. The second-order valence-electron chi connectivity index (χ2n) is 4.69. The van der Waals surface area contributed by atoms with Crippen molar-refractivity contribution in [3.8, 4) is 0 Å². The summed E-state index contributed by atoms with van der Waals surface area (Å²) >= 11 is 0.806. The number of rotatable bonds is 4. The molecule has 1 N–H and O–H groups in total. The zero-order chi connectivity index (χ0) is 17.3. The number of nitrogens with zero attached hydrogens (tertiary/aromatic N) is 3. The van der Waals surface area contributed by atoms with Crippen molar-refractivity contribution in [1.29, 1.82) is 0 Å². The molecule has 0 atom stereocenters. The van der Waals surface area contributed by atoms with E-state index in [2.05, 4.69) is 9.97 Å². The number of fused-ring (bicyclic) bond motifs is 1. The molecule has 3 aromatic rings. The minimum absolute atomic E-state index is 0.0793. The van der Waals surface area contributed by atoms with Gasteiger partial charge in [0.2, 0.25) is 5.12 Å². The summed E-state index contributed by atoms with van der Waals surface area (Å²) in [6.45, 7) is 0. The largest absolute Gasteiger partial charge is 0.332 e. The Kier molecular flexibility index (Phi) is 3.96. The third kappa shape index (κ3) is 3.08. The molecule has 0 saturated carbocycles. The van der Waals surface area contributed by atoms with Gasteiger partial charge in [0.25, 0.3) is 11.4 Å². The molecule has 120 valence electrons. The number of non-ortho nitro benzene ring substituents is 2. The Morgan fingerprint density at radius 1 is 1.00 bits per heavy atom. The highest BCUT2D eigenvalue weighted by Gasteiger charge is 2.15. The van der Waals surface area contributed by atoms with Crippen LogP contribution in [0.4, 0.5) is 11.4 Å². The maximum atomic E-state index is 12.2. The Morgan fingerprint density at radius 2 is 1.62 bits per heavy atom. The van der Waals surface area contributed by atoms with E-state index >= 15 is 0 Å². The number of hydrogen-bond acceptors (Lipinski definition) is 7. The van der Waals surface area contributed by atoms with Crippen molar-refractivity contribution < 1.29 is 14.6 Å². The summed E-state index contributed by atoms with van der Waals surface area (Å²) in [5.74, 6) is 0. The van der Waals surface area contributed by atoms with Crippen LogP contribution >= 0.6 is 11.8 Å². The second-order valence-corrected chi connectivity index (χ2v) is 5.66. The van der Waals surface area contributed by atoms with Crippen LogP contribution in [0.1, 0.15) is 10.4 Å². The van der Waals surface area contributed by atoms with Gasteiger partial charge in [-0.15, -0.1) is 0 Å². The predicted molar refractivity (Wildman–Crippen MR) is 86.0 cm³/mol. The molecule has 0 spiro atoms. The molecule has 1 heterocycles. The number of H-pyrrole nitrogens is 1. The zero-order valence-corrected chi connectivity index (χ0v) is 12.6. The van der Waals surface area contributed by atoms with Crippen LogP contribution in [0.15, 0.2) is 47.6 Å². The quantitative estimate of drug-likeness (QED) is 0.436. The lowest BCUT2D eigenvalue weighted by Crippen LogP contribution is -1.95. The average Bonchev–Trinajstić information content (AvgIpc) is 2.96. The molecule has 0 fully saturated rings. The third-order valence-electron chi connectivity index (χ3n) is 3.16. The van der Waals surface area contributed by atoms with Crippen LogP contribution in [0.25, 0.3) is 11.0 Å². The number of aromatic amines is 1. The van der Waals surface area contributed by atoms with E-state index in [0.717, 1.165) is 11.8 Å². The highest BCUT2D eigenvalue weighted by atomic mass is 32.2. The topological polar surface area (TPSA) is 132 Å². The van der Waals surface area contributed by atoms with Gasteiger partial charge in [0.15, 0.2) is 5.16 Å². The fourth-order valence-electron chi connectivity index (χ4n) is 2.00. The number of aromatic nitrogens is 2. The van der Waals surface area contributed by atoms with Gasteiger partial charge in [0.05, 0.1) is 20.9 Å².